The summed E-state index contributed by atoms with van der Waals surface area (Å²) < 4.78 is 0. The molecule has 0 unspecified atom stereocenters. The normalized spacial score (nSPS) is 17.1. The number of nitrogens with two attached hydrogens (primary N) is 1. The van der Waals surface area contributed by atoms with Gasteiger partial charge in [-0.05, 0) is 24.3 Å². The fourth-order valence-corrected chi connectivity index (χ4v) is 2.27. The second-order valence-corrected chi connectivity index (χ2v) is 6.13. The fourth-order valence-electron chi connectivity index (χ4n) is 2.27. The Labute approximate surface area is 116 Å². The lowest BCUT2D eigenvalue weighted by molar-refractivity contribution is 0.315. The zero-order valence-electron chi connectivity index (χ0n) is 12.0. The van der Waals surface area contributed by atoms with Gasteiger partial charge in [0.05, 0.1) is 6.54 Å². The zero-order chi connectivity index (χ0) is 13.7. The van der Waals surface area contributed by atoms with Crippen molar-refractivity contribution in [2.45, 2.75) is 38.5 Å². The molecule has 1 aromatic carbocycles. The Morgan fingerprint density at radius 3 is 2.58 bits per heavy atom. The maximum absolute atomic E-state index is 5.92. The minimum absolute atomic E-state index is 0.0179. The minimum Gasteiger partial charge on any atom is -0.370 e. The van der Waals surface area contributed by atoms with Crippen molar-refractivity contribution in [2.24, 2.45) is 16.6 Å². The van der Waals surface area contributed by atoms with Gasteiger partial charge in [-0.1, -0.05) is 50.6 Å². The van der Waals surface area contributed by atoms with Gasteiger partial charge in [-0.25, -0.2) is 0 Å². The molecule has 19 heavy (non-hydrogen) atoms. The lowest BCUT2D eigenvalue weighted by atomic mass is 9.85. The van der Waals surface area contributed by atoms with E-state index in [2.05, 4.69) is 48.4 Å². The predicted molar refractivity (Wildman–Crippen MR) is 81.3 cm³/mol. The first kappa shape index (κ1) is 13.9. The monoisotopic (exact) mass is 259 g/mol. The smallest absolute Gasteiger partial charge is 0.188 e. The van der Waals surface area contributed by atoms with E-state index in [1.165, 1.54) is 24.8 Å². The van der Waals surface area contributed by atoms with Gasteiger partial charge in [0.2, 0.25) is 0 Å². The standard InChI is InChI=1S/C16H25N3/c1-16(2,14-9-4-3-5-10-14)12-19-15(17)18-11-13-7-6-8-13/h3-5,9-10,13H,6-8,11-12H2,1-2H3,(H3,17,18,19). The number of hydrogen-bond donors (Lipinski definition) is 2. The van der Waals surface area contributed by atoms with Crippen molar-refractivity contribution in [1.82, 2.24) is 5.32 Å². The van der Waals surface area contributed by atoms with E-state index in [0.717, 1.165) is 12.5 Å². The molecule has 0 aromatic heterocycles. The largest absolute Gasteiger partial charge is 0.370 e. The third-order valence-electron chi connectivity index (χ3n) is 4.00. The molecule has 0 bridgehead atoms. The van der Waals surface area contributed by atoms with E-state index in [4.69, 9.17) is 5.73 Å². The van der Waals surface area contributed by atoms with Crippen LogP contribution >= 0.6 is 0 Å². The molecule has 1 aliphatic rings. The summed E-state index contributed by atoms with van der Waals surface area (Å²) in [6.07, 6.45) is 4.02. The Balaban J connectivity index is 1.85. The molecule has 3 nitrogen and oxygen atoms in total. The SMILES string of the molecule is CC(C)(CN=C(N)NCC1CCC1)c1ccccc1. The van der Waals surface area contributed by atoms with E-state index in [9.17, 15) is 0 Å². The molecule has 0 spiro atoms. The lowest BCUT2D eigenvalue weighted by Crippen LogP contribution is -2.38. The number of hydrogen-bond acceptors (Lipinski definition) is 1. The average molecular weight is 259 g/mol. The highest BCUT2D eigenvalue weighted by molar-refractivity contribution is 5.77. The van der Waals surface area contributed by atoms with Gasteiger partial charge in [0.15, 0.2) is 5.96 Å². The summed E-state index contributed by atoms with van der Waals surface area (Å²) >= 11 is 0. The van der Waals surface area contributed by atoms with Crippen LogP contribution in [0.2, 0.25) is 0 Å². The molecule has 2 rings (SSSR count). The van der Waals surface area contributed by atoms with Crippen LogP contribution in [0, 0.1) is 5.92 Å². The van der Waals surface area contributed by atoms with E-state index < -0.39 is 0 Å². The van der Waals surface area contributed by atoms with Gasteiger partial charge < -0.3 is 11.1 Å². The summed E-state index contributed by atoms with van der Waals surface area (Å²) in [4.78, 5) is 4.49. The summed E-state index contributed by atoms with van der Waals surface area (Å²) in [5, 5.41) is 3.24. The Kier molecular flexibility index (Phi) is 4.46. The first-order chi connectivity index (χ1) is 9.08. The van der Waals surface area contributed by atoms with Gasteiger partial charge in [-0.3, -0.25) is 4.99 Å². The highest BCUT2D eigenvalue weighted by Crippen LogP contribution is 2.25. The van der Waals surface area contributed by atoms with Gasteiger partial charge in [-0.15, -0.1) is 0 Å². The van der Waals surface area contributed by atoms with Crippen molar-refractivity contribution in [3.8, 4) is 0 Å². The Hall–Kier alpha value is -1.51. The van der Waals surface area contributed by atoms with Crippen molar-refractivity contribution < 1.29 is 0 Å². The Bertz CT molecular complexity index is 419. The molecular weight excluding hydrogens is 234 g/mol. The third kappa shape index (κ3) is 3.98. The van der Waals surface area contributed by atoms with Crippen LogP contribution < -0.4 is 11.1 Å². The van der Waals surface area contributed by atoms with Gasteiger partial charge >= 0.3 is 0 Å². The van der Waals surface area contributed by atoms with E-state index in [1.807, 2.05) is 6.07 Å². The fraction of sp³-hybridized carbons (Fsp3) is 0.562. The summed E-state index contributed by atoms with van der Waals surface area (Å²) in [6.45, 7) is 6.08. The van der Waals surface area contributed by atoms with E-state index in [-0.39, 0.29) is 5.41 Å². The molecule has 1 aromatic rings. The number of nitrogens with one attached hydrogen (secondary N) is 1. The maximum atomic E-state index is 5.92. The van der Waals surface area contributed by atoms with Crippen molar-refractivity contribution in [2.75, 3.05) is 13.1 Å². The molecule has 104 valence electrons. The van der Waals surface area contributed by atoms with Crippen molar-refractivity contribution >= 4 is 5.96 Å². The first-order valence-electron chi connectivity index (χ1n) is 7.17. The molecule has 0 heterocycles. The van der Waals surface area contributed by atoms with Crippen LogP contribution in [0.4, 0.5) is 0 Å². The van der Waals surface area contributed by atoms with Crippen LogP contribution in [0.25, 0.3) is 0 Å². The Morgan fingerprint density at radius 1 is 1.32 bits per heavy atom. The predicted octanol–water partition coefficient (Wildman–Crippen LogP) is 2.67. The molecular formula is C16H25N3. The molecule has 1 saturated carbocycles. The molecule has 0 radical (unpaired) electrons. The van der Waals surface area contributed by atoms with Crippen LogP contribution in [0.1, 0.15) is 38.7 Å². The van der Waals surface area contributed by atoms with E-state index in [0.29, 0.717) is 12.5 Å². The molecule has 3 heteroatoms. The van der Waals surface area contributed by atoms with Crippen molar-refractivity contribution in [1.29, 1.82) is 0 Å². The molecule has 1 fully saturated rings. The van der Waals surface area contributed by atoms with E-state index in [1.54, 1.807) is 0 Å². The Morgan fingerprint density at radius 2 is 2.00 bits per heavy atom. The molecule has 0 aliphatic heterocycles. The highest BCUT2D eigenvalue weighted by Gasteiger charge is 2.20. The third-order valence-corrected chi connectivity index (χ3v) is 4.00. The van der Waals surface area contributed by atoms with Gasteiger partial charge in [0.1, 0.15) is 0 Å². The summed E-state index contributed by atoms with van der Waals surface area (Å²) in [7, 11) is 0. The maximum Gasteiger partial charge on any atom is 0.188 e. The van der Waals surface area contributed by atoms with Gasteiger partial charge in [0.25, 0.3) is 0 Å². The lowest BCUT2D eigenvalue weighted by Gasteiger charge is -2.26. The molecule has 0 amide bonds. The summed E-state index contributed by atoms with van der Waals surface area (Å²) in [6, 6.07) is 10.5. The van der Waals surface area contributed by atoms with Crippen LogP contribution in [-0.4, -0.2) is 19.0 Å². The number of nitrogens with zero attached hydrogens (tertiary/aromatic N) is 1. The summed E-state index contributed by atoms with van der Waals surface area (Å²) in [5.41, 5.74) is 7.24. The van der Waals surface area contributed by atoms with Gasteiger partial charge in [0, 0.05) is 12.0 Å². The number of guanidine groups is 1. The van der Waals surface area contributed by atoms with Crippen LogP contribution in [0.15, 0.2) is 35.3 Å². The van der Waals surface area contributed by atoms with E-state index >= 15 is 0 Å². The average Bonchev–Trinajstić information content (AvgIpc) is 2.36. The number of rotatable bonds is 5. The zero-order valence-corrected chi connectivity index (χ0v) is 12.0. The molecule has 0 atom stereocenters. The van der Waals surface area contributed by atoms with Crippen LogP contribution in [-0.2, 0) is 5.41 Å². The summed E-state index contributed by atoms with van der Waals surface area (Å²) in [5.74, 6) is 1.38. The highest BCUT2D eigenvalue weighted by atomic mass is 15.1. The van der Waals surface area contributed by atoms with Crippen molar-refractivity contribution in [3.63, 3.8) is 0 Å². The second kappa shape index (κ2) is 6.09. The van der Waals surface area contributed by atoms with Crippen LogP contribution in [0.3, 0.4) is 0 Å². The quantitative estimate of drug-likeness (QED) is 0.631. The number of aliphatic imine (C=N–C) groups is 1. The minimum atomic E-state index is 0.0179. The second-order valence-electron chi connectivity index (χ2n) is 6.13. The first-order valence-corrected chi connectivity index (χ1v) is 7.17. The molecule has 3 N–H and O–H groups in total. The molecule has 0 saturated heterocycles. The molecule has 1 aliphatic carbocycles. The van der Waals surface area contributed by atoms with Crippen molar-refractivity contribution in [3.05, 3.63) is 35.9 Å². The topological polar surface area (TPSA) is 50.4 Å². The number of benzene rings is 1. The van der Waals surface area contributed by atoms with Gasteiger partial charge in [-0.2, -0.15) is 0 Å². The van der Waals surface area contributed by atoms with Crippen LogP contribution in [0.5, 0.6) is 0 Å².